The van der Waals surface area contributed by atoms with Crippen LogP contribution in [0.15, 0.2) is 48.5 Å². The number of likely N-dealkylation sites (N-methyl/N-ethyl adjacent to an activating group) is 1. The zero-order chi connectivity index (χ0) is 15.2. The van der Waals surface area contributed by atoms with Crippen molar-refractivity contribution in [3.63, 3.8) is 0 Å². The maximum absolute atomic E-state index is 10.5. The summed E-state index contributed by atoms with van der Waals surface area (Å²) in [6.45, 7) is 3.39. The van der Waals surface area contributed by atoms with E-state index in [1.807, 2.05) is 50.4 Å². The van der Waals surface area contributed by atoms with Crippen molar-refractivity contribution >= 4 is 0 Å². The Labute approximate surface area is 126 Å². The van der Waals surface area contributed by atoms with Crippen LogP contribution in [0.5, 0.6) is 5.75 Å². The molecule has 1 unspecified atom stereocenters. The number of aryl methyl sites for hydroxylation is 1. The van der Waals surface area contributed by atoms with Gasteiger partial charge in [0, 0.05) is 18.7 Å². The molecule has 0 aliphatic heterocycles. The summed E-state index contributed by atoms with van der Waals surface area (Å²) < 4.78 is 5.34. The van der Waals surface area contributed by atoms with Crippen LogP contribution in [0.25, 0.3) is 0 Å². The first kappa shape index (κ1) is 15.5. The molecule has 0 radical (unpaired) electrons. The van der Waals surface area contributed by atoms with E-state index in [0.717, 1.165) is 23.4 Å². The van der Waals surface area contributed by atoms with Gasteiger partial charge >= 0.3 is 0 Å². The third kappa shape index (κ3) is 4.31. The fraction of sp³-hybridized carbons (Fsp3) is 0.333. The van der Waals surface area contributed by atoms with Gasteiger partial charge in [-0.15, -0.1) is 0 Å². The quantitative estimate of drug-likeness (QED) is 0.885. The lowest BCUT2D eigenvalue weighted by Crippen LogP contribution is -2.24. The second-order valence-corrected chi connectivity index (χ2v) is 5.44. The molecule has 21 heavy (non-hydrogen) atoms. The molecule has 0 heterocycles. The van der Waals surface area contributed by atoms with Crippen LogP contribution in [0.1, 0.15) is 22.8 Å². The molecule has 0 fully saturated rings. The van der Waals surface area contributed by atoms with E-state index in [-0.39, 0.29) is 0 Å². The highest BCUT2D eigenvalue weighted by molar-refractivity contribution is 5.38. The summed E-state index contributed by atoms with van der Waals surface area (Å²) >= 11 is 0. The Morgan fingerprint density at radius 1 is 1.14 bits per heavy atom. The molecule has 0 amide bonds. The van der Waals surface area contributed by atoms with Crippen molar-refractivity contribution in [2.24, 2.45) is 0 Å². The fourth-order valence-electron chi connectivity index (χ4n) is 2.47. The van der Waals surface area contributed by atoms with Crippen molar-refractivity contribution in [2.75, 3.05) is 20.7 Å². The van der Waals surface area contributed by atoms with Gasteiger partial charge in [0.05, 0.1) is 13.2 Å². The average Bonchev–Trinajstić information content (AvgIpc) is 2.48. The molecule has 1 N–H and O–H groups in total. The second-order valence-electron chi connectivity index (χ2n) is 5.44. The minimum Gasteiger partial charge on any atom is -0.496 e. The number of benzene rings is 2. The zero-order valence-corrected chi connectivity index (χ0v) is 12.9. The van der Waals surface area contributed by atoms with Gasteiger partial charge in [-0.3, -0.25) is 4.90 Å². The maximum atomic E-state index is 10.5. The monoisotopic (exact) mass is 285 g/mol. The molecule has 2 rings (SSSR count). The SMILES string of the molecule is COc1ccc(C)cc1C(O)CN(C)Cc1ccccc1. The molecular formula is C18H23NO2. The Morgan fingerprint density at radius 3 is 2.52 bits per heavy atom. The summed E-state index contributed by atoms with van der Waals surface area (Å²) in [6, 6.07) is 16.1. The minimum absolute atomic E-state index is 0.562. The summed E-state index contributed by atoms with van der Waals surface area (Å²) in [5.41, 5.74) is 3.20. The van der Waals surface area contributed by atoms with Crippen LogP contribution in [-0.2, 0) is 6.54 Å². The van der Waals surface area contributed by atoms with Crippen molar-refractivity contribution in [3.8, 4) is 5.75 Å². The number of ether oxygens (including phenoxy) is 1. The Kier molecular flexibility index (Phi) is 5.37. The first-order chi connectivity index (χ1) is 10.1. The number of methoxy groups -OCH3 is 1. The summed E-state index contributed by atoms with van der Waals surface area (Å²) in [5, 5.41) is 10.5. The van der Waals surface area contributed by atoms with E-state index in [1.54, 1.807) is 7.11 Å². The molecule has 0 spiro atoms. The molecule has 0 aliphatic carbocycles. The number of rotatable bonds is 6. The fourth-order valence-corrected chi connectivity index (χ4v) is 2.47. The van der Waals surface area contributed by atoms with Gasteiger partial charge in [-0.1, -0.05) is 42.0 Å². The zero-order valence-electron chi connectivity index (χ0n) is 12.9. The average molecular weight is 285 g/mol. The largest absolute Gasteiger partial charge is 0.496 e. The van der Waals surface area contributed by atoms with E-state index in [0.29, 0.717) is 6.54 Å². The summed E-state index contributed by atoms with van der Waals surface area (Å²) in [6.07, 6.45) is -0.562. The minimum atomic E-state index is -0.562. The Balaban J connectivity index is 2.03. The van der Waals surface area contributed by atoms with Crippen molar-refractivity contribution in [3.05, 3.63) is 65.2 Å². The molecule has 3 heteroatoms. The second kappa shape index (κ2) is 7.25. The van der Waals surface area contributed by atoms with Crippen LogP contribution in [0, 0.1) is 6.92 Å². The van der Waals surface area contributed by atoms with E-state index in [2.05, 4.69) is 17.0 Å². The molecule has 2 aromatic rings. The summed E-state index contributed by atoms with van der Waals surface area (Å²) in [5.74, 6) is 0.737. The first-order valence-corrected chi connectivity index (χ1v) is 7.15. The van der Waals surface area contributed by atoms with Crippen molar-refractivity contribution in [1.82, 2.24) is 4.90 Å². The predicted molar refractivity (Wildman–Crippen MR) is 85.5 cm³/mol. The van der Waals surface area contributed by atoms with E-state index >= 15 is 0 Å². The van der Waals surface area contributed by atoms with Gasteiger partial charge in [-0.25, -0.2) is 0 Å². The summed E-state index contributed by atoms with van der Waals surface area (Å²) in [4.78, 5) is 2.11. The van der Waals surface area contributed by atoms with Crippen LogP contribution in [0.2, 0.25) is 0 Å². The lowest BCUT2D eigenvalue weighted by molar-refractivity contribution is 0.121. The third-order valence-corrected chi connectivity index (χ3v) is 3.52. The van der Waals surface area contributed by atoms with Crippen LogP contribution >= 0.6 is 0 Å². The summed E-state index contributed by atoms with van der Waals surface area (Å²) in [7, 11) is 3.65. The van der Waals surface area contributed by atoms with Gasteiger partial charge in [-0.05, 0) is 31.7 Å². The number of aliphatic hydroxyl groups is 1. The Bertz CT molecular complexity index is 569. The maximum Gasteiger partial charge on any atom is 0.124 e. The van der Waals surface area contributed by atoms with Crippen molar-refractivity contribution < 1.29 is 9.84 Å². The highest BCUT2D eigenvalue weighted by Gasteiger charge is 2.15. The molecule has 0 saturated carbocycles. The van der Waals surface area contributed by atoms with Gasteiger partial charge in [0.2, 0.25) is 0 Å². The number of hydrogen-bond acceptors (Lipinski definition) is 3. The molecule has 2 aromatic carbocycles. The first-order valence-electron chi connectivity index (χ1n) is 7.15. The topological polar surface area (TPSA) is 32.7 Å². The van der Waals surface area contributed by atoms with Gasteiger partial charge in [0.25, 0.3) is 0 Å². The normalized spacial score (nSPS) is 12.4. The number of aliphatic hydroxyl groups excluding tert-OH is 1. The van der Waals surface area contributed by atoms with Crippen LogP contribution < -0.4 is 4.74 Å². The standard InChI is InChI=1S/C18H23NO2/c1-14-9-10-18(21-3)16(11-14)17(20)13-19(2)12-15-7-5-4-6-8-15/h4-11,17,20H,12-13H2,1-3H3. The van der Waals surface area contributed by atoms with E-state index < -0.39 is 6.10 Å². The molecule has 112 valence electrons. The molecule has 1 atom stereocenters. The Morgan fingerprint density at radius 2 is 1.86 bits per heavy atom. The molecule has 0 aromatic heterocycles. The van der Waals surface area contributed by atoms with Crippen LogP contribution in [0.4, 0.5) is 0 Å². The van der Waals surface area contributed by atoms with Gasteiger partial charge in [0.1, 0.15) is 5.75 Å². The van der Waals surface area contributed by atoms with E-state index in [9.17, 15) is 5.11 Å². The van der Waals surface area contributed by atoms with Crippen LogP contribution in [0.3, 0.4) is 0 Å². The molecular weight excluding hydrogens is 262 g/mol. The van der Waals surface area contributed by atoms with Gasteiger partial charge in [-0.2, -0.15) is 0 Å². The van der Waals surface area contributed by atoms with Crippen molar-refractivity contribution in [1.29, 1.82) is 0 Å². The van der Waals surface area contributed by atoms with Gasteiger partial charge < -0.3 is 9.84 Å². The lowest BCUT2D eigenvalue weighted by atomic mass is 10.0. The highest BCUT2D eigenvalue weighted by atomic mass is 16.5. The third-order valence-electron chi connectivity index (χ3n) is 3.52. The van der Waals surface area contributed by atoms with E-state index in [1.165, 1.54) is 5.56 Å². The van der Waals surface area contributed by atoms with Gasteiger partial charge in [0.15, 0.2) is 0 Å². The van der Waals surface area contributed by atoms with Crippen molar-refractivity contribution in [2.45, 2.75) is 19.6 Å². The van der Waals surface area contributed by atoms with Crippen LogP contribution in [-0.4, -0.2) is 30.7 Å². The smallest absolute Gasteiger partial charge is 0.124 e. The van der Waals surface area contributed by atoms with E-state index in [4.69, 9.17) is 4.74 Å². The molecule has 0 saturated heterocycles. The number of nitrogens with zero attached hydrogens (tertiary/aromatic N) is 1. The molecule has 0 bridgehead atoms. The highest BCUT2D eigenvalue weighted by Crippen LogP contribution is 2.26. The number of hydrogen-bond donors (Lipinski definition) is 1. The molecule has 3 nitrogen and oxygen atoms in total. The Hall–Kier alpha value is -1.84. The lowest BCUT2D eigenvalue weighted by Gasteiger charge is -2.22. The molecule has 0 aliphatic rings. The predicted octanol–water partition coefficient (Wildman–Crippen LogP) is 3.17.